The van der Waals surface area contributed by atoms with Crippen LogP contribution in [0.25, 0.3) is 6.08 Å². The molecule has 2 rings (SSSR count). The quantitative estimate of drug-likeness (QED) is 0.758. The highest BCUT2D eigenvalue weighted by atomic mass is 16.5. The molecule has 4 nitrogen and oxygen atoms in total. The van der Waals surface area contributed by atoms with Crippen LogP contribution in [0, 0.1) is 6.92 Å². The van der Waals surface area contributed by atoms with Crippen molar-refractivity contribution in [3.63, 3.8) is 0 Å². The largest absolute Gasteiger partial charge is 0.496 e. The van der Waals surface area contributed by atoms with Crippen molar-refractivity contribution in [3.8, 4) is 5.75 Å². The molecule has 0 aliphatic rings. The van der Waals surface area contributed by atoms with Gasteiger partial charge < -0.3 is 14.6 Å². The van der Waals surface area contributed by atoms with E-state index in [0.717, 1.165) is 43.2 Å². The Morgan fingerprint density at radius 1 is 1.33 bits per heavy atom. The van der Waals surface area contributed by atoms with E-state index in [4.69, 9.17) is 4.74 Å². The van der Waals surface area contributed by atoms with Crippen molar-refractivity contribution >= 4 is 6.08 Å². The third-order valence-corrected chi connectivity index (χ3v) is 3.37. The summed E-state index contributed by atoms with van der Waals surface area (Å²) in [5.41, 5.74) is 1.11. The maximum Gasteiger partial charge on any atom is 0.126 e. The van der Waals surface area contributed by atoms with Gasteiger partial charge in [0.25, 0.3) is 0 Å². The molecule has 0 amide bonds. The standard InChI is InChI=1S/C17H23N3O/c1-15-19-12-14-20(15)13-6-11-18-10-5-8-16-7-3-4-9-17(16)21-2/h3-5,7-9,12,14,18H,6,10-11,13H2,1-2H3/b8-5+. The van der Waals surface area contributed by atoms with Crippen molar-refractivity contribution in [2.75, 3.05) is 20.2 Å². The normalized spacial score (nSPS) is 11.1. The highest BCUT2D eigenvalue weighted by molar-refractivity contribution is 5.57. The summed E-state index contributed by atoms with van der Waals surface area (Å²) in [7, 11) is 1.70. The second kappa shape index (κ2) is 8.27. The van der Waals surface area contributed by atoms with Crippen molar-refractivity contribution in [1.29, 1.82) is 0 Å². The topological polar surface area (TPSA) is 39.1 Å². The molecule has 112 valence electrons. The number of nitrogens with zero attached hydrogens (tertiary/aromatic N) is 2. The SMILES string of the molecule is COc1ccccc1/C=C/CNCCCn1ccnc1C. The van der Waals surface area contributed by atoms with E-state index in [9.17, 15) is 0 Å². The summed E-state index contributed by atoms with van der Waals surface area (Å²) in [5, 5.41) is 3.41. The molecule has 2 aromatic rings. The van der Waals surface area contributed by atoms with Crippen molar-refractivity contribution in [1.82, 2.24) is 14.9 Å². The smallest absolute Gasteiger partial charge is 0.126 e. The van der Waals surface area contributed by atoms with Gasteiger partial charge in [0.05, 0.1) is 7.11 Å². The number of nitrogens with one attached hydrogen (secondary N) is 1. The van der Waals surface area contributed by atoms with Crippen LogP contribution in [0.2, 0.25) is 0 Å². The zero-order valence-corrected chi connectivity index (χ0v) is 12.7. The number of imidazole rings is 1. The summed E-state index contributed by atoms with van der Waals surface area (Å²) in [5.74, 6) is 1.98. The summed E-state index contributed by atoms with van der Waals surface area (Å²) in [6, 6.07) is 8.02. The van der Waals surface area contributed by atoms with Gasteiger partial charge in [0, 0.05) is 31.0 Å². The van der Waals surface area contributed by atoms with E-state index in [1.807, 2.05) is 37.5 Å². The molecule has 1 N–H and O–H groups in total. The number of rotatable bonds is 8. The van der Waals surface area contributed by atoms with Gasteiger partial charge in [-0.1, -0.05) is 30.4 Å². The Morgan fingerprint density at radius 2 is 2.19 bits per heavy atom. The fourth-order valence-corrected chi connectivity index (χ4v) is 2.19. The van der Waals surface area contributed by atoms with Crippen LogP contribution in [0.4, 0.5) is 0 Å². The first-order chi connectivity index (χ1) is 10.3. The maximum atomic E-state index is 5.31. The zero-order valence-electron chi connectivity index (χ0n) is 12.7. The van der Waals surface area contributed by atoms with Crippen LogP contribution in [0.1, 0.15) is 17.8 Å². The van der Waals surface area contributed by atoms with Gasteiger partial charge in [-0.05, 0) is 26.0 Å². The predicted octanol–water partition coefficient (Wildman–Crippen LogP) is 2.89. The van der Waals surface area contributed by atoms with Crippen LogP contribution in [0.3, 0.4) is 0 Å². The van der Waals surface area contributed by atoms with Gasteiger partial charge in [0.2, 0.25) is 0 Å². The Labute approximate surface area is 126 Å². The number of benzene rings is 1. The molecule has 0 radical (unpaired) electrons. The predicted molar refractivity (Wildman–Crippen MR) is 86.5 cm³/mol. The van der Waals surface area contributed by atoms with E-state index in [-0.39, 0.29) is 0 Å². The molecule has 0 saturated carbocycles. The summed E-state index contributed by atoms with van der Waals surface area (Å²) in [4.78, 5) is 4.21. The van der Waals surface area contributed by atoms with Crippen LogP contribution in [0.15, 0.2) is 42.7 Å². The summed E-state index contributed by atoms with van der Waals surface area (Å²) in [6.45, 7) is 4.90. The molecule has 0 fully saturated rings. The number of ether oxygens (including phenoxy) is 1. The molecule has 0 atom stereocenters. The molecule has 0 spiro atoms. The van der Waals surface area contributed by atoms with Gasteiger partial charge in [-0.15, -0.1) is 0 Å². The lowest BCUT2D eigenvalue weighted by Gasteiger charge is -2.05. The van der Waals surface area contributed by atoms with E-state index in [2.05, 4.69) is 33.1 Å². The molecule has 0 aliphatic carbocycles. The van der Waals surface area contributed by atoms with E-state index in [1.165, 1.54) is 0 Å². The molecule has 0 unspecified atom stereocenters. The van der Waals surface area contributed by atoms with Crippen LogP contribution >= 0.6 is 0 Å². The van der Waals surface area contributed by atoms with Crippen LogP contribution in [-0.4, -0.2) is 29.8 Å². The van der Waals surface area contributed by atoms with Gasteiger partial charge in [0.15, 0.2) is 0 Å². The molecule has 0 bridgehead atoms. The molecular formula is C17H23N3O. The third kappa shape index (κ3) is 4.76. The first kappa shape index (κ1) is 15.3. The molecule has 21 heavy (non-hydrogen) atoms. The molecule has 1 aromatic carbocycles. The Kier molecular flexibility index (Phi) is 6.03. The lowest BCUT2D eigenvalue weighted by Crippen LogP contribution is -2.16. The Balaban J connectivity index is 1.65. The first-order valence-electron chi connectivity index (χ1n) is 7.29. The molecule has 0 saturated heterocycles. The van der Waals surface area contributed by atoms with Gasteiger partial charge in [0.1, 0.15) is 11.6 Å². The monoisotopic (exact) mass is 285 g/mol. The Bertz CT molecular complexity index is 575. The highest BCUT2D eigenvalue weighted by Crippen LogP contribution is 2.18. The minimum atomic E-state index is 0.862. The van der Waals surface area contributed by atoms with Crippen molar-refractivity contribution in [2.45, 2.75) is 19.9 Å². The number of para-hydroxylation sites is 1. The second-order valence-electron chi connectivity index (χ2n) is 4.87. The van der Waals surface area contributed by atoms with Gasteiger partial charge in [-0.2, -0.15) is 0 Å². The third-order valence-electron chi connectivity index (χ3n) is 3.37. The molecule has 0 aliphatic heterocycles. The minimum Gasteiger partial charge on any atom is -0.496 e. The van der Waals surface area contributed by atoms with E-state index < -0.39 is 0 Å². The Morgan fingerprint density at radius 3 is 2.95 bits per heavy atom. The molecule has 1 heterocycles. The van der Waals surface area contributed by atoms with Gasteiger partial charge in [-0.25, -0.2) is 4.98 Å². The highest BCUT2D eigenvalue weighted by Gasteiger charge is 1.97. The number of methoxy groups -OCH3 is 1. The van der Waals surface area contributed by atoms with E-state index >= 15 is 0 Å². The summed E-state index contributed by atoms with van der Waals surface area (Å²) < 4.78 is 7.49. The number of hydrogen-bond acceptors (Lipinski definition) is 3. The van der Waals surface area contributed by atoms with Crippen molar-refractivity contribution < 1.29 is 4.74 Å². The van der Waals surface area contributed by atoms with Crippen LogP contribution < -0.4 is 10.1 Å². The van der Waals surface area contributed by atoms with Crippen LogP contribution in [-0.2, 0) is 6.54 Å². The van der Waals surface area contributed by atoms with Crippen molar-refractivity contribution in [3.05, 3.63) is 54.1 Å². The van der Waals surface area contributed by atoms with Crippen molar-refractivity contribution in [2.24, 2.45) is 0 Å². The summed E-state index contributed by atoms with van der Waals surface area (Å²) in [6.07, 6.45) is 9.18. The molecule has 4 heteroatoms. The second-order valence-corrected chi connectivity index (χ2v) is 4.87. The molecular weight excluding hydrogens is 262 g/mol. The number of aromatic nitrogens is 2. The lowest BCUT2D eigenvalue weighted by molar-refractivity contribution is 0.414. The first-order valence-corrected chi connectivity index (χ1v) is 7.29. The van der Waals surface area contributed by atoms with Gasteiger partial charge in [-0.3, -0.25) is 0 Å². The number of aryl methyl sites for hydroxylation is 2. The average molecular weight is 285 g/mol. The van der Waals surface area contributed by atoms with Crippen LogP contribution in [0.5, 0.6) is 5.75 Å². The summed E-state index contributed by atoms with van der Waals surface area (Å²) >= 11 is 0. The average Bonchev–Trinajstić information content (AvgIpc) is 2.92. The molecule has 1 aromatic heterocycles. The zero-order chi connectivity index (χ0) is 14.9. The van der Waals surface area contributed by atoms with E-state index in [1.54, 1.807) is 7.11 Å². The number of hydrogen-bond donors (Lipinski definition) is 1. The maximum absolute atomic E-state index is 5.31. The fraction of sp³-hybridized carbons (Fsp3) is 0.353. The van der Waals surface area contributed by atoms with E-state index in [0.29, 0.717) is 0 Å². The lowest BCUT2D eigenvalue weighted by atomic mass is 10.2. The van der Waals surface area contributed by atoms with Gasteiger partial charge >= 0.3 is 0 Å². The Hall–Kier alpha value is -2.07. The fourth-order valence-electron chi connectivity index (χ4n) is 2.19. The minimum absolute atomic E-state index is 0.862.